The molecule has 0 heterocycles. The van der Waals surface area contributed by atoms with Gasteiger partial charge in [-0.2, -0.15) is 0 Å². The first-order valence-electron chi connectivity index (χ1n) is 3.48. The summed E-state index contributed by atoms with van der Waals surface area (Å²) in [4.78, 5) is 14.6. The van der Waals surface area contributed by atoms with Gasteiger partial charge in [0.1, 0.15) is 5.60 Å². The van der Waals surface area contributed by atoms with Crippen LogP contribution in [0.4, 0.5) is 0 Å². The number of hydrogen-bond donors (Lipinski definition) is 1. The second-order valence-corrected chi connectivity index (χ2v) is 4.27. The molecule has 0 fully saturated rings. The third-order valence-corrected chi connectivity index (χ3v) is 2.66. The van der Waals surface area contributed by atoms with E-state index in [1.54, 1.807) is 19.9 Å². The van der Waals surface area contributed by atoms with Crippen LogP contribution in [0, 0.1) is 10.8 Å². The summed E-state index contributed by atoms with van der Waals surface area (Å²) in [6.45, 7) is 7.25. The lowest BCUT2D eigenvalue weighted by molar-refractivity contribution is -0.0414. The summed E-state index contributed by atoms with van der Waals surface area (Å²) >= 11 is 4.02. The minimum atomic E-state index is -0.598. The van der Waals surface area contributed by atoms with Gasteiger partial charge in [0.2, 0.25) is 0 Å². The van der Waals surface area contributed by atoms with E-state index < -0.39 is 5.60 Å². The molecule has 0 N–H and O–H groups in total. The molecule has 0 aromatic rings. The molecule has 0 saturated carbocycles. The molecule has 1 unspecified atom stereocenters. The third-order valence-electron chi connectivity index (χ3n) is 1.70. The highest BCUT2D eigenvalue weighted by Gasteiger charge is 2.29. The molecule has 5 heteroatoms. The Hall–Kier alpha value is -0.160. The van der Waals surface area contributed by atoms with Gasteiger partial charge in [0.15, 0.2) is 5.34 Å². The first kappa shape index (κ1) is 11.8. The summed E-state index contributed by atoms with van der Waals surface area (Å²) < 4.78 is 0. The number of thiol groups is 1. The Morgan fingerprint density at radius 1 is 1.83 bits per heavy atom. The van der Waals surface area contributed by atoms with Gasteiger partial charge >= 0.3 is 0 Å². The smallest absolute Gasteiger partial charge is 0.155 e. The van der Waals surface area contributed by atoms with Crippen molar-refractivity contribution < 1.29 is 4.84 Å². The van der Waals surface area contributed by atoms with Crippen LogP contribution in [-0.2, 0) is 4.84 Å². The van der Waals surface area contributed by atoms with Crippen LogP contribution in [0.3, 0.4) is 0 Å². The average Bonchev–Trinajstić information content (AvgIpc) is 1.99. The Morgan fingerprint density at radius 2 is 2.42 bits per heavy atom. The molecule has 12 heavy (non-hydrogen) atoms. The minimum Gasteiger partial charge on any atom is -0.357 e. The van der Waals surface area contributed by atoms with Crippen molar-refractivity contribution in [3.05, 3.63) is 17.6 Å². The predicted octanol–water partition coefficient (Wildman–Crippen LogP) is 2.84. The number of nitrogens with zero attached hydrogens (tertiary/aromatic N) is 1. The van der Waals surface area contributed by atoms with Crippen LogP contribution >= 0.6 is 22.5 Å². The van der Waals surface area contributed by atoms with Gasteiger partial charge in [-0.25, -0.2) is 0 Å². The van der Waals surface area contributed by atoms with Crippen molar-refractivity contribution in [3.8, 4) is 0 Å². The molecule has 0 rings (SSSR count). The molecule has 1 atom stereocenters. The molecule has 0 aromatic carbocycles. The van der Waals surface area contributed by atoms with Crippen molar-refractivity contribution >= 4 is 22.5 Å². The van der Waals surface area contributed by atoms with E-state index in [9.17, 15) is 4.91 Å². The van der Waals surface area contributed by atoms with Crippen LogP contribution in [0.1, 0.15) is 13.8 Å². The lowest BCUT2D eigenvalue weighted by Crippen LogP contribution is -2.32. The van der Waals surface area contributed by atoms with E-state index in [2.05, 4.69) is 28.4 Å². The van der Waals surface area contributed by atoms with E-state index in [1.807, 2.05) is 0 Å². The van der Waals surface area contributed by atoms with Gasteiger partial charge in [0.05, 0.1) is 0 Å². The SMILES string of the molecule is C=CC(CSS)C(C)(C)ON=O. The summed E-state index contributed by atoms with van der Waals surface area (Å²) in [5.41, 5.74) is -0.598. The maximum atomic E-state index is 9.91. The number of rotatable bonds is 6. The lowest BCUT2D eigenvalue weighted by atomic mass is 9.93. The number of hydrogen-bond acceptors (Lipinski definition) is 5. The van der Waals surface area contributed by atoms with Crippen molar-refractivity contribution in [1.29, 1.82) is 0 Å². The Balaban J connectivity index is 4.23. The van der Waals surface area contributed by atoms with Crippen LogP contribution in [0.25, 0.3) is 0 Å². The van der Waals surface area contributed by atoms with Crippen LogP contribution in [0.2, 0.25) is 0 Å². The average molecular weight is 207 g/mol. The molecular formula is C7H13NO2S2. The Bertz CT molecular complexity index is 161. The van der Waals surface area contributed by atoms with Crippen LogP contribution < -0.4 is 0 Å². The molecule has 0 aromatic heterocycles. The minimum absolute atomic E-state index is 0.0673. The zero-order valence-corrected chi connectivity index (χ0v) is 8.90. The molecule has 0 bridgehead atoms. The van der Waals surface area contributed by atoms with Crippen LogP contribution in [0.5, 0.6) is 0 Å². The van der Waals surface area contributed by atoms with E-state index >= 15 is 0 Å². The molecule has 3 nitrogen and oxygen atoms in total. The second kappa shape index (κ2) is 5.48. The lowest BCUT2D eigenvalue weighted by Gasteiger charge is -2.27. The molecule has 0 spiro atoms. The van der Waals surface area contributed by atoms with E-state index in [0.29, 0.717) is 0 Å². The Kier molecular flexibility index (Phi) is 5.41. The summed E-state index contributed by atoms with van der Waals surface area (Å²) in [5, 5.41) is 2.43. The Labute approximate surface area is 81.7 Å². The van der Waals surface area contributed by atoms with Crippen LogP contribution in [-0.4, -0.2) is 11.4 Å². The summed E-state index contributed by atoms with van der Waals surface area (Å²) in [7, 11) is 1.39. The van der Waals surface area contributed by atoms with Crippen LogP contribution in [0.15, 0.2) is 18.0 Å². The molecule has 0 aliphatic heterocycles. The van der Waals surface area contributed by atoms with Gasteiger partial charge in [-0.1, -0.05) is 16.9 Å². The maximum absolute atomic E-state index is 9.91. The molecule has 0 amide bonds. The normalized spacial score (nSPS) is 13.6. The van der Waals surface area contributed by atoms with Crippen molar-refractivity contribution in [2.75, 3.05) is 5.75 Å². The topological polar surface area (TPSA) is 38.7 Å². The highest BCUT2D eigenvalue weighted by atomic mass is 33.1. The van der Waals surface area contributed by atoms with E-state index in [1.165, 1.54) is 10.8 Å². The highest BCUT2D eigenvalue weighted by molar-refractivity contribution is 8.68. The van der Waals surface area contributed by atoms with Crippen molar-refractivity contribution in [1.82, 2.24) is 0 Å². The van der Waals surface area contributed by atoms with E-state index in [-0.39, 0.29) is 5.92 Å². The molecule has 0 aliphatic carbocycles. The van der Waals surface area contributed by atoms with Gasteiger partial charge < -0.3 is 4.84 Å². The van der Waals surface area contributed by atoms with Crippen molar-refractivity contribution in [2.24, 2.45) is 11.3 Å². The first-order chi connectivity index (χ1) is 5.58. The highest BCUT2D eigenvalue weighted by Crippen LogP contribution is 2.27. The Morgan fingerprint density at radius 3 is 2.75 bits per heavy atom. The van der Waals surface area contributed by atoms with Crippen molar-refractivity contribution in [2.45, 2.75) is 19.4 Å². The summed E-state index contributed by atoms with van der Waals surface area (Å²) in [6.07, 6.45) is 1.74. The third kappa shape index (κ3) is 3.49. The largest absolute Gasteiger partial charge is 0.357 e. The zero-order chi connectivity index (χ0) is 9.61. The molecular weight excluding hydrogens is 194 g/mol. The fourth-order valence-electron chi connectivity index (χ4n) is 0.797. The standard InChI is InChI=1S/C7H13NO2S2/c1-4-6(5-12-11)7(2,3)10-8-9/h4,6,11H,1,5H2,2-3H3. The maximum Gasteiger partial charge on any atom is 0.155 e. The zero-order valence-electron chi connectivity index (χ0n) is 7.19. The molecule has 70 valence electrons. The molecule has 0 aliphatic rings. The fourth-order valence-corrected chi connectivity index (χ4v) is 1.98. The van der Waals surface area contributed by atoms with Gasteiger partial charge in [-0.05, 0) is 13.8 Å². The first-order valence-corrected chi connectivity index (χ1v) is 5.52. The van der Waals surface area contributed by atoms with Gasteiger partial charge in [-0.15, -0.1) is 23.1 Å². The van der Waals surface area contributed by atoms with E-state index in [0.717, 1.165) is 5.75 Å². The quantitative estimate of drug-likeness (QED) is 0.239. The second-order valence-electron chi connectivity index (χ2n) is 2.91. The summed E-state index contributed by atoms with van der Waals surface area (Å²) in [6, 6.07) is 0. The fraction of sp³-hybridized carbons (Fsp3) is 0.714. The monoisotopic (exact) mass is 207 g/mol. The van der Waals surface area contributed by atoms with Gasteiger partial charge in [0.25, 0.3) is 0 Å². The molecule has 0 saturated heterocycles. The molecule has 0 radical (unpaired) electrons. The van der Waals surface area contributed by atoms with E-state index in [4.69, 9.17) is 0 Å². The van der Waals surface area contributed by atoms with Gasteiger partial charge in [0, 0.05) is 11.7 Å². The van der Waals surface area contributed by atoms with Crippen molar-refractivity contribution in [3.63, 3.8) is 0 Å². The van der Waals surface area contributed by atoms with Gasteiger partial charge in [-0.3, -0.25) is 0 Å². The predicted molar refractivity (Wildman–Crippen MR) is 56.1 cm³/mol. The summed E-state index contributed by atoms with van der Waals surface area (Å²) in [5.74, 6) is 0.812.